The number of nitrogens with one attached hydrogen (secondary N) is 1. The van der Waals surface area contributed by atoms with E-state index in [2.05, 4.69) is 5.32 Å². The number of Topliss-reactive ketones (excluding diaryl/α,β-unsaturated/α-hetero) is 1. The van der Waals surface area contributed by atoms with Gasteiger partial charge in [-0.3, -0.25) is 19.7 Å². The quantitative estimate of drug-likeness (QED) is 0.329. The van der Waals surface area contributed by atoms with Crippen LogP contribution in [0.2, 0.25) is 0 Å². The molecule has 0 unspecified atom stereocenters. The third-order valence-electron chi connectivity index (χ3n) is 4.10. The molecule has 2 aromatic carbocycles. The molecule has 0 aliphatic carbocycles. The van der Waals surface area contributed by atoms with E-state index in [0.717, 1.165) is 6.07 Å². The maximum absolute atomic E-state index is 12.5. The second-order valence-corrected chi connectivity index (χ2v) is 6.52. The number of non-ortho nitro benzene ring substituents is 1. The van der Waals surface area contributed by atoms with Crippen LogP contribution in [0.3, 0.4) is 0 Å². The minimum atomic E-state index is -1.15. The Morgan fingerprint density at radius 1 is 1.10 bits per heavy atom. The van der Waals surface area contributed by atoms with Gasteiger partial charge in [0.05, 0.1) is 16.2 Å². The van der Waals surface area contributed by atoms with Gasteiger partial charge < -0.3 is 15.0 Å². The van der Waals surface area contributed by atoms with Crippen LogP contribution in [0.1, 0.15) is 34.6 Å². The molecule has 0 fully saturated rings. The zero-order valence-electron chi connectivity index (χ0n) is 16.5. The molecule has 2 rings (SSSR count). The zero-order chi connectivity index (χ0) is 21.7. The summed E-state index contributed by atoms with van der Waals surface area (Å²) in [6.45, 7) is 2.83. The Hall–Kier alpha value is -3.75. The maximum Gasteiger partial charge on any atom is 0.341 e. The summed E-state index contributed by atoms with van der Waals surface area (Å²) >= 11 is 0. The molecular weight excluding hydrogens is 378 g/mol. The number of esters is 1. The fourth-order valence-electron chi connectivity index (χ4n) is 2.50. The summed E-state index contributed by atoms with van der Waals surface area (Å²) in [5.41, 5.74) is 1.09. The molecule has 0 radical (unpaired) electrons. The Morgan fingerprint density at radius 3 is 2.24 bits per heavy atom. The first-order chi connectivity index (χ1) is 13.6. The summed E-state index contributed by atoms with van der Waals surface area (Å²) in [6, 6.07) is 10.1. The van der Waals surface area contributed by atoms with Crippen LogP contribution >= 0.6 is 0 Å². The van der Waals surface area contributed by atoms with Crippen molar-refractivity contribution < 1.29 is 24.0 Å². The lowest BCUT2D eigenvalue weighted by molar-refractivity contribution is -0.384. The van der Waals surface area contributed by atoms with Crippen molar-refractivity contribution in [3.8, 4) is 0 Å². The van der Waals surface area contributed by atoms with Crippen LogP contribution in [0.5, 0.6) is 0 Å². The molecule has 29 heavy (non-hydrogen) atoms. The number of carbonyl (C=O) groups excluding carboxylic acids is 3. The van der Waals surface area contributed by atoms with Crippen molar-refractivity contribution in [2.45, 2.75) is 20.0 Å². The molecule has 1 atom stereocenters. The molecule has 0 heterocycles. The highest BCUT2D eigenvalue weighted by atomic mass is 16.6. The number of nitro groups is 1. The first-order valence-electron chi connectivity index (χ1n) is 8.68. The lowest BCUT2D eigenvalue weighted by atomic mass is 10.1. The van der Waals surface area contributed by atoms with Gasteiger partial charge in [0.2, 0.25) is 0 Å². The summed E-state index contributed by atoms with van der Waals surface area (Å²) in [7, 11) is 3.36. The number of benzene rings is 2. The molecule has 9 nitrogen and oxygen atoms in total. The monoisotopic (exact) mass is 399 g/mol. The molecule has 0 saturated carbocycles. The maximum atomic E-state index is 12.5. The van der Waals surface area contributed by atoms with Crippen molar-refractivity contribution in [3.63, 3.8) is 0 Å². The minimum Gasteiger partial charge on any atom is -0.449 e. The first-order valence-corrected chi connectivity index (χ1v) is 8.68. The largest absolute Gasteiger partial charge is 0.449 e. The van der Waals surface area contributed by atoms with Gasteiger partial charge in [0.25, 0.3) is 11.6 Å². The van der Waals surface area contributed by atoms with Gasteiger partial charge in [0, 0.05) is 37.5 Å². The van der Waals surface area contributed by atoms with E-state index in [1.54, 1.807) is 43.3 Å². The van der Waals surface area contributed by atoms with Crippen LogP contribution in [0.15, 0.2) is 42.5 Å². The number of amides is 1. The molecule has 2 aromatic rings. The number of rotatable bonds is 7. The van der Waals surface area contributed by atoms with E-state index in [4.69, 9.17) is 4.74 Å². The molecule has 152 valence electrons. The Bertz CT molecular complexity index is 953. The van der Waals surface area contributed by atoms with Crippen molar-refractivity contribution in [1.29, 1.82) is 0 Å². The fourth-order valence-corrected chi connectivity index (χ4v) is 2.50. The van der Waals surface area contributed by atoms with Crippen LogP contribution in [0, 0.1) is 10.1 Å². The van der Waals surface area contributed by atoms with E-state index in [1.807, 2.05) is 0 Å². The molecule has 0 aromatic heterocycles. The molecule has 0 aliphatic heterocycles. The molecule has 9 heteroatoms. The van der Waals surface area contributed by atoms with Gasteiger partial charge in [-0.05, 0) is 44.2 Å². The predicted octanol–water partition coefficient (Wildman–Crippen LogP) is 3.05. The topological polar surface area (TPSA) is 119 Å². The second-order valence-electron chi connectivity index (χ2n) is 6.52. The number of hydrogen-bond donors (Lipinski definition) is 1. The highest BCUT2D eigenvalue weighted by molar-refractivity contribution is 6.00. The van der Waals surface area contributed by atoms with E-state index >= 15 is 0 Å². The Kier molecular flexibility index (Phi) is 6.66. The molecular formula is C20H21N3O6. The molecule has 0 saturated heterocycles. The third kappa shape index (κ3) is 5.38. The van der Waals surface area contributed by atoms with Crippen molar-refractivity contribution in [3.05, 3.63) is 63.7 Å². The summed E-state index contributed by atoms with van der Waals surface area (Å²) < 4.78 is 5.20. The van der Waals surface area contributed by atoms with Gasteiger partial charge in [-0.2, -0.15) is 0 Å². The fraction of sp³-hybridized carbons (Fsp3) is 0.250. The van der Waals surface area contributed by atoms with Gasteiger partial charge in [0.1, 0.15) is 0 Å². The van der Waals surface area contributed by atoms with Gasteiger partial charge in [-0.15, -0.1) is 0 Å². The van der Waals surface area contributed by atoms with E-state index in [0.29, 0.717) is 16.9 Å². The molecule has 1 amide bonds. The normalized spacial score (nSPS) is 11.3. The van der Waals surface area contributed by atoms with Crippen LogP contribution in [-0.4, -0.2) is 42.8 Å². The SMILES string of the molecule is CC(=O)c1ccc(NC(=O)[C@@H](C)OC(=O)c2cc([N+](=O)[O-])ccc2N(C)C)cc1. The lowest BCUT2D eigenvalue weighted by Gasteiger charge is -2.18. The zero-order valence-corrected chi connectivity index (χ0v) is 16.5. The van der Waals surface area contributed by atoms with Gasteiger partial charge in [0.15, 0.2) is 11.9 Å². The van der Waals surface area contributed by atoms with E-state index in [9.17, 15) is 24.5 Å². The highest BCUT2D eigenvalue weighted by Gasteiger charge is 2.24. The lowest BCUT2D eigenvalue weighted by Crippen LogP contribution is -2.30. The van der Waals surface area contributed by atoms with E-state index in [-0.39, 0.29) is 17.0 Å². The van der Waals surface area contributed by atoms with Crippen LogP contribution in [0.4, 0.5) is 17.1 Å². The van der Waals surface area contributed by atoms with Gasteiger partial charge in [-0.1, -0.05) is 0 Å². The van der Waals surface area contributed by atoms with Crippen molar-refractivity contribution in [1.82, 2.24) is 0 Å². The Morgan fingerprint density at radius 2 is 1.72 bits per heavy atom. The highest BCUT2D eigenvalue weighted by Crippen LogP contribution is 2.25. The number of anilines is 2. The molecule has 0 spiro atoms. The van der Waals surface area contributed by atoms with Crippen molar-refractivity contribution in [2.75, 3.05) is 24.3 Å². The summed E-state index contributed by atoms with van der Waals surface area (Å²) in [5, 5.41) is 13.6. The van der Waals surface area contributed by atoms with E-state index < -0.39 is 22.9 Å². The standard InChI is InChI=1S/C20H21N3O6/c1-12(24)14-5-7-15(8-6-14)21-19(25)13(2)29-20(26)17-11-16(23(27)28)9-10-18(17)22(3)4/h5-11,13H,1-4H3,(H,21,25)/t13-/m1/s1. The average molecular weight is 399 g/mol. The van der Waals surface area contributed by atoms with Crippen LogP contribution in [0.25, 0.3) is 0 Å². The molecule has 0 aliphatic rings. The number of carbonyl (C=O) groups is 3. The van der Waals surface area contributed by atoms with Crippen LogP contribution < -0.4 is 10.2 Å². The van der Waals surface area contributed by atoms with E-state index in [1.165, 1.54) is 26.0 Å². The van der Waals surface area contributed by atoms with Crippen LogP contribution in [-0.2, 0) is 9.53 Å². The first kappa shape index (κ1) is 21.5. The predicted molar refractivity (Wildman–Crippen MR) is 107 cm³/mol. The number of nitrogens with zero attached hydrogens (tertiary/aromatic N) is 2. The molecule has 0 bridgehead atoms. The third-order valence-corrected chi connectivity index (χ3v) is 4.10. The summed E-state index contributed by atoms with van der Waals surface area (Å²) in [4.78, 5) is 48.2. The van der Waals surface area contributed by atoms with Gasteiger partial charge in [-0.25, -0.2) is 4.79 Å². The number of ketones is 1. The Labute approximate surface area is 167 Å². The number of ether oxygens (including phenoxy) is 1. The Balaban J connectivity index is 2.13. The summed E-state index contributed by atoms with van der Waals surface area (Å²) in [6.07, 6.45) is -1.15. The number of hydrogen-bond acceptors (Lipinski definition) is 7. The molecule has 1 N–H and O–H groups in total. The smallest absolute Gasteiger partial charge is 0.341 e. The van der Waals surface area contributed by atoms with Crippen molar-refractivity contribution in [2.24, 2.45) is 0 Å². The number of nitro benzene ring substituents is 1. The van der Waals surface area contributed by atoms with Gasteiger partial charge >= 0.3 is 5.97 Å². The van der Waals surface area contributed by atoms with Crippen molar-refractivity contribution >= 4 is 34.7 Å². The summed E-state index contributed by atoms with van der Waals surface area (Å²) in [5.74, 6) is -1.53. The minimum absolute atomic E-state index is 0.0188. The average Bonchev–Trinajstić information content (AvgIpc) is 2.67. The second kappa shape index (κ2) is 8.96.